The first-order valence-electron chi connectivity index (χ1n) is 6.05. The highest BCUT2D eigenvalue weighted by molar-refractivity contribution is 9.10. The fraction of sp³-hybridized carbons (Fsp3) is 0.133. The lowest BCUT2D eigenvalue weighted by Gasteiger charge is -2.19. The van der Waals surface area contributed by atoms with Gasteiger partial charge in [0.25, 0.3) is 0 Å². The van der Waals surface area contributed by atoms with Crippen LogP contribution in [0, 0.1) is 12.7 Å². The number of aryl methyl sites for hydroxylation is 1. The van der Waals surface area contributed by atoms with E-state index in [4.69, 9.17) is 5.73 Å². The van der Waals surface area contributed by atoms with Crippen molar-refractivity contribution in [2.75, 3.05) is 5.32 Å². The predicted molar refractivity (Wildman–Crippen MR) is 80.8 cm³/mol. The van der Waals surface area contributed by atoms with Crippen LogP contribution in [0.2, 0.25) is 0 Å². The van der Waals surface area contributed by atoms with Crippen molar-refractivity contribution in [2.45, 2.75) is 13.0 Å². The van der Waals surface area contributed by atoms with Crippen molar-refractivity contribution >= 4 is 27.5 Å². The number of primary amides is 1. The van der Waals surface area contributed by atoms with Crippen molar-refractivity contribution in [1.82, 2.24) is 0 Å². The third kappa shape index (κ3) is 3.17. The minimum absolute atomic E-state index is 0.226. The Morgan fingerprint density at radius 3 is 2.60 bits per heavy atom. The van der Waals surface area contributed by atoms with Gasteiger partial charge in [-0.1, -0.05) is 40.2 Å². The van der Waals surface area contributed by atoms with E-state index >= 15 is 0 Å². The van der Waals surface area contributed by atoms with Gasteiger partial charge in [-0.15, -0.1) is 0 Å². The highest BCUT2D eigenvalue weighted by Crippen LogP contribution is 2.25. The number of carbonyl (C=O) groups is 1. The van der Waals surface area contributed by atoms with Crippen LogP contribution < -0.4 is 11.1 Å². The lowest BCUT2D eigenvalue weighted by atomic mass is 10.0. The van der Waals surface area contributed by atoms with Crippen molar-refractivity contribution in [3.63, 3.8) is 0 Å². The standard InChI is InChI=1S/C15H14BrFN2O/c1-9-4-2-3-5-13(9)19-14(15(18)20)11-7-6-10(16)8-12(11)17/h2-8,14,19H,1H3,(H2,18,20). The summed E-state index contributed by atoms with van der Waals surface area (Å²) in [5.74, 6) is -1.11. The average Bonchev–Trinajstić information content (AvgIpc) is 2.38. The van der Waals surface area contributed by atoms with Crippen LogP contribution in [0.1, 0.15) is 17.2 Å². The number of nitrogens with one attached hydrogen (secondary N) is 1. The molecular formula is C15H14BrFN2O. The normalized spacial score (nSPS) is 11.9. The first-order chi connectivity index (χ1) is 9.49. The van der Waals surface area contributed by atoms with Crippen LogP contribution >= 0.6 is 15.9 Å². The first kappa shape index (κ1) is 14.5. The van der Waals surface area contributed by atoms with Crippen LogP contribution in [0.15, 0.2) is 46.9 Å². The van der Waals surface area contributed by atoms with E-state index in [9.17, 15) is 9.18 Å². The molecule has 0 radical (unpaired) electrons. The minimum atomic E-state index is -0.913. The molecule has 0 bridgehead atoms. The Bertz CT molecular complexity index is 646. The van der Waals surface area contributed by atoms with E-state index in [2.05, 4.69) is 21.2 Å². The van der Waals surface area contributed by atoms with Gasteiger partial charge >= 0.3 is 0 Å². The maximum absolute atomic E-state index is 14.0. The number of amides is 1. The van der Waals surface area contributed by atoms with Crippen LogP contribution in [0.25, 0.3) is 0 Å². The Kier molecular flexibility index (Phi) is 4.39. The van der Waals surface area contributed by atoms with E-state index in [-0.39, 0.29) is 5.56 Å². The molecule has 0 saturated carbocycles. The third-order valence-corrected chi connectivity index (χ3v) is 3.50. The molecule has 1 atom stereocenters. The van der Waals surface area contributed by atoms with Crippen molar-refractivity contribution in [3.8, 4) is 0 Å². The molecule has 1 amide bonds. The first-order valence-corrected chi connectivity index (χ1v) is 6.85. The fourth-order valence-electron chi connectivity index (χ4n) is 1.93. The molecule has 0 aliphatic rings. The molecule has 0 fully saturated rings. The van der Waals surface area contributed by atoms with Gasteiger partial charge in [-0.25, -0.2) is 4.39 Å². The second-order valence-corrected chi connectivity index (χ2v) is 5.38. The molecule has 2 aromatic rings. The summed E-state index contributed by atoms with van der Waals surface area (Å²) in [4.78, 5) is 11.6. The second-order valence-electron chi connectivity index (χ2n) is 4.46. The van der Waals surface area contributed by atoms with Crippen molar-refractivity contribution < 1.29 is 9.18 Å². The molecule has 20 heavy (non-hydrogen) atoms. The molecule has 104 valence electrons. The number of nitrogens with two attached hydrogens (primary N) is 1. The van der Waals surface area contributed by atoms with E-state index < -0.39 is 17.8 Å². The van der Waals surface area contributed by atoms with E-state index in [1.54, 1.807) is 12.1 Å². The molecule has 2 rings (SSSR count). The zero-order chi connectivity index (χ0) is 14.7. The minimum Gasteiger partial charge on any atom is -0.370 e. The molecule has 5 heteroatoms. The molecule has 0 aliphatic heterocycles. The average molecular weight is 337 g/mol. The second kappa shape index (κ2) is 6.05. The smallest absolute Gasteiger partial charge is 0.244 e. The van der Waals surface area contributed by atoms with Crippen molar-refractivity contribution in [3.05, 3.63) is 63.9 Å². The largest absolute Gasteiger partial charge is 0.370 e. The number of benzene rings is 2. The summed E-state index contributed by atoms with van der Waals surface area (Å²) in [5, 5.41) is 2.99. The van der Waals surface area contributed by atoms with Gasteiger partial charge in [-0.2, -0.15) is 0 Å². The Morgan fingerprint density at radius 2 is 2.00 bits per heavy atom. The van der Waals surface area contributed by atoms with Gasteiger partial charge in [0.15, 0.2) is 0 Å². The van der Waals surface area contributed by atoms with E-state index in [1.807, 2.05) is 31.2 Å². The monoisotopic (exact) mass is 336 g/mol. The third-order valence-electron chi connectivity index (χ3n) is 3.00. The topological polar surface area (TPSA) is 55.1 Å². The highest BCUT2D eigenvalue weighted by atomic mass is 79.9. The summed E-state index contributed by atoms with van der Waals surface area (Å²) in [7, 11) is 0. The number of hydrogen-bond acceptors (Lipinski definition) is 2. The number of carbonyl (C=O) groups excluding carboxylic acids is 1. The van der Waals surface area contributed by atoms with Crippen LogP contribution in [-0.2, 0) is 4.79 Å². The number of halogens is 2. The Balaban J connectivity index is 2.37. The van der Waals surface area contributed by atoms with E-state index in [1.165, 1.54) is 6.07 Å². The van der Waals surface area contributed by atoms with Crippen LogP contribution in [0.4, 0.5) is 10.1 Å². The number of hydrogen-bond donors (Lipinski definition) is 2. The molecule has 3 N–H and O–H groups in total. The number of rotatable bonds is 4. The Labute approximate surface area is 125 Å². The van der Waals surface area contributed by atoms with Gasteiger partial charge in [-0.3, -0.25) is 4.79 Å². The highest BCUT2D eigenvalue weighted by Gasteiger charge is 2.21. The molecule has 1 unspecified atom stereocenters. The summed E-state index contributed by atoms with van der Waals surface area (Å²) in [6.07, 6.45) is 0. The van der Waals surface area contributed by atoms with Gasteiger partial charge in [0, 0.05) is 15.7 Å². The van der Waals surface area contributed by atoms with Gasteiger partial charge < -0.3 is 11.1 Å². The van der Waals surface area contributed by atoms with Crippen LogP contribution in [0.5, 0.6) is 0 Å². The molecule has 0 saturated heterocycles. The lowest BCUT2D eigenvalue weighted by molar-refractivity contribution is -0.118. The van der Waals surface area contributed by atoms with Crippen LogP contribution in [-0.4, -0.2) is 5.91 Å². The van der Waals surface area contributed by atoms with Crippen molar-refractivity contribution in [1.29, 1.82) is 0 Å². The maximum Gasteiger partial charge on any atom is 0.244 e. The molecule has 2 aromatic carbocycles. The fourth-order valence-corrected chi connectivity index (χ4v) is 2.26. The lowest BCUT2D eigenvalue weighted by Crippen LogP contribution is -2.28. The molecule has 0 heterocycles. The quantitative estimate of drug-likeness (QED) is 0.897. The van der Waals surface area contributed by atoms with Gasteiger partial charge in [0.05, 0.1) is 0 Å². The summed E-state index contributed by atoms with van der Waals surface area (Å²) < 4.78 is 14.6. The number of anilines is 1. The Morgan fingerprint density at radius 1 is 1.30 bits per heavy atom. The van der Waals surface area contributed by atoms with Crippen molar-refractivity contribution in [2.24, 2.45) is 5.73 Å². The maximum atomic E-state index is 14.0. The van der Waals surface area contributed by atoms with Crippen LogP contribution in [0.3, 0.4) is 0 Å². The van der Waals surface area contributed by atoms with Gasteiger partial charge in [0.1, 0.15) is 11.9 Å². The summed E-state index contributed by atoms with van der Waals surface area (Å²) >= 11 is 3.18. The summed E-state index contributed by atoms with van der Waals surface area (Å²) in [6.45, 7) is 1.90. The zero-order valence-electron chi connectivity index (χ0n) is 10.9. The number of para-hydroxylation sites is 1. The molecule has 0 aromatic heterocycles. The summed E-state index contributed by atoms with van der Waals surface area (Å²) in [5.41, 5.74) is 7.32. The summed E-state index contributed by atoms with van der Waals surface area (Å²) in [6, 6.07) is 11.1. The molecule has 0 spiro atoms. The SMILES string of the molecule is Cc1ccccc1NC(C(N)=O)c1ccc(Br)cc1F. The van der Waals surface area contributed by atoms with E-state index in [0.29, 0.717) is 4.47 Å². The van der Waals surface area contributed by atoms with E-state index in [0.717, 1.165) is 11.3 Å². The molecule has 3 nitrogen and oxygen atoms in total. The molecule has 0 aliphatic carbocycles. The van der Waals surface area contributed by atoms with Gasteiger partial charge in [0.2, 0.25) is 5.91 Å². The Hall–Kier alpha value is -1.88. The zero-order valence-corrected chi connectivity index (χ0v) is 12.4. The predicted octanol–water partition coefficient (Wildman–Crippen LogP) is 3.54. The van der Waals surface area contributed by atoms with Gasteiger partial charge in [-0.05, 0) is 30.7 Å². The molecular weight excluding hydrogens is 323 g/mol.